The van der Waals surface area contributed by atoms with E-state index in [0.717, 1.165) is 0 Å². The van der Waals surface area contributed by atoms with Gasteiger partial charge in [0.15, 0.2) is 5.58 Å². The van der Waals surface area contributed by atoms with Crippen molar-refractivity contribution in [2.75, 3.05) is 5.32 Å². The van der Waals surface area contributed by atoms with Crippen molar-refractivity contribution < 1.29 is 19.1 Å². The minimum Gasteiger partial charge on any atom is -0.480 e. The molecule has 3 rings (SSSR count). The van der Waals surface area contributed by atoms with E-state index in [1.54, 1.807) is 6.07 Å². The van der Waals surface area contributed by atoms with Gasteiger partial charge in [-0.25, -0.2) is 4.79 Å². The van der Waals surface area contributed by atoms with E-state index in [2.05, 4.69) is 10.3 Å². The number of oxazole rings is 1. The third-order valence-corrected chi connectivity index (χ3v) is 3.27. The highest BCUT2D eigenvalue weighted by molar-refractivity contribution is 6.11. The van der Waals surface area contributed by atoms with Crippen molar-refractivity contribution in [2.45, 2.75) is 12.8 Å². The number of carbonyl (C=O) groups excluding carboxylic acids is 1. The van der Waals surface area contributed by atoms with Crippen LogP contribution in [0.25, 0.3) is 11.1 Å². The van der Waals surface area contributed by atoms with Gasteiger partial charge < -0.3 is 14.8 Å². The fourth-order valence-corrected chi connectivity index (χ4v) is 1.94. The highest BCUT2D eigenvalue weighted by atomic mass is 16.4. The summed E-state index contributed by atoms with van der Waals surface area (Å²) >= 11 is 0. The number of aromatic nitrogens is 1. The largest absolute Gasteiger partial charge is 0.480 e. The standard InChI is InChI=1S/C12H10N2O5/c15-9(12(3-4-12)10(16)17)13-6-1-2-8-7(5-6)14-11(18)19-8/h1-2,5H,3-4H2,(H,13,15)(H,14,18)(H,16,17). The van der Waals surface area contributed by atoms with Crippen molar-refractivity contribution in [1.29, 1.82) is 0 Å². The summed E-state index contributed by atoms with van der Waals surface area (Å²) in [6, 6.07) is 4.61. The maximum absolute atomic E-state index is 11.9. The first kappa shape index (κ1) is 11.5. The summed E-state index contributed by atoms with van der Waals surface area (Å²) in [5.41, 5.74) is -0.0499. The highest BCUT2D eigenvalue weighted by Gasteiger charge is 2.57. The molecule has 0 radical (unpaired) electrons. The van der Waals surface area contributed by atoms with Gasteiger partial charge >= 0.3 is 11.7 Å². The molecule has 98 valence electrons. The molecule has 1 fully saturated rings. The van der Waals surface area contributed by atoms with E-state index in [0.29, 0.717) is 29.6 Å². The Morgan fingerprint density at radius 3 is 2.74 bits per heavy atom. The van der Waals surface area contributed by atoms with E-state index in [1.165, 1.54) is 12.1 Å². The average Bonchev–Trinajstić information content (AvgIpc) is 3.07. The maximum Gasteiger partial charge on any atom is 0.417 e. The summed E-state index contributed by atoms with van der Waals surface area (Å²) in [5.74, 6) is -2.23. The minimum absolute atomic E-state index is 0.346. The monoisotopic (exact) mass is 262 g/mol. The number of benzene rings is 1. The van der Waals surface area contributed by atoms with Crippen LogP contribution in [-0.2, 0) is 9.59 Å². The summed E-state index contributed by atoms with van der Waals surface area (Å²) in [4.78, 5) is 36.4. The lowest BCUT2D eigenvalue weighted by Crippen LogP contribution is -2.31. The summed E-state index contributed by atoms with van der Waals surface area (Å²) in [5, 5.41) is 11.5. The molecular weight excluding hydrogens is 252 g/mol. The van der Waals surface area contributed by atoms with Crippen LogP contribution in [0.5, 0.6) is 0 Å². The smallest absolute Gasteiger partial charge is 0.417 e. The van der Waals surface area contributed by atoms with Crippen LogP contribution in [0.15, 0.2) is 27.4 Å². The zero-order chi connectivity index (χ0) is 13.6. The third-order valence-electron chi connectivity index (χ3n) is 3.27. The molecule has 2 aromatic rings. The van der Waals surface area contributed by atoms with Gasteiger partial charge in [0.1, 0.15) is 5.41 Å². The molecule has 1 aromatic carbocycles. The van der Waals surface area contributed by atoms with Gasteiger partial charge in [0.2, 0.25) is 5.91 Å². The number of H-pyrrole nitrogens is 1. The number of nitrogens with one attached hydrogen (secondary N) is 2. The predicted octanol–water partition coefficient (Wildman–Crippen LogP) is 0.924. The van der Waals surface area contributed by atoms with Gasteiger partial charge in [-0.3, -0.25) is 14.6 Å². The molecule has 7 heteroatoms. The molecule has 0 atom stereocenters. The second-order valence-electron chi connectivity index (χ2n) is 4.57. The van der Waals surface area contributed by atoms with Gasteiger partial charge in [0.05, 0.1) is 5.52 Å². The zero-order valence-electron chi connectivity index (χ0n) is 9.73. The van der Waals surface area contributed by atoms with Crippen molar-refractivity contribution in [3.05, 3.63) is 28.7 Å². The Labute approximate surface area is 106 Å². The topological polar surface area (TPSA) is 112 Å². The molecule has 0 bridgehead atoms. The van der Waals surface area contributed by atoms with Crippen LogP contribution < -0.4 is 11.1 Å². The summed E-state index contributed by atoms with van der Waals surface area (Å²) in [7, 11) is 0. The van der Waals surface area contributed by atoms with Gasteiger partial charge in [-0.05, 0) is 31.0 Å². The van der Waals surface area contributed by atoms with E-state index in [4.69, 9.17) is 9.52 Å². The second-order valence-corrected chi connectivity index (χ2v) is 4.57. The van der Waals surface area contributed by atoms with Crippen LogP contribution >= 0.6 is 0 Å². The lowest BCUT2D eigenvalue weighted by atomic mass is 10.1. The molecule has 1 saturated carbocycles. The Bertz CT molecular complexity index is 738. The average molecular weight is 262 g/mol. The van der Waals surface area contributed by atoms with Crippen LogP contribution in [0, 0.1) is 5.41 Å². The number of carbonyl (C=O) groups is 2. The SMILES string of the molecule is O=C(O)C1(C(=O)Nc2ccc3oc(=O)[nH]c3c2)CC1. The van der Waals surface area contributed by atoms with Crippen LogP contribution in [-0.4, -0.2) is 22.0 Å². The zero-order valence-corrected chi connectivity index (χ0v) is 9.73. The number of aliphatic carboxylic acids is 1. The molecule has 0 saturated heterocycles. The highest BCUT2D eigenvalue weighted by Crippen LogP contribution is 2.46. The molecule has 1 amide bonds. The van der Waals surface area contributed by atoms with E-state index >= 15 is 0 Å². The first-order chi connectivity index (χ1) is 9.01. The second kappa shape index (κ2) is 3.71. The Morgan fingerprint density at radius 1 is 1.37 bits per heavy atom. The van der Waals surface area contributed by atoms with E-state index in [1.807, 2.05) is 0 Å². The third kappa shape index (κ3) is 1.79. The van der Waals surface area contributed by atoms with Crippen molar-refractivity contribution in [3.8, 4) is 0 Å². The first-order valence-electron chi connectivity index (χ1n) is 5.69. The fraction of sp³-hybridized carbons (Fsp3) is 0.250. The number of aromatic amines is 1. The van der Waals surface area contributed by atoms with Crippen LogP contribution in [0.3, 0.4) is 0 Å². The number of fused-ring (bicyclic) bond motifs is 1. The van der Waals surface area contributed by atoms with Crippen LogP contribution in [0.4, 0.5) is 5.69 Å². The summed E-state index contributed by atoms with van der Waals surface area (Å²) in [6.45, 7) is 0. The Balaban J connectivity index is 1.87. The minimum atomic E-state index is -1.29. The van der Waals surface area contributed by atoms with E-state index in [-0.39, 0.29) is 0 Å². The van der Waals surface area contributed by atoms with Crippen molar-refractivity contribution in [2.24, 2.45) is 5.41 Å². The summed E-state index contributed by atoms with van der Waals surface area (Å²) < 4.78 is 4.83. The van der Waals surface area contributed by atoms with Crippen LogP contribution in [0.1, 0.15) is 12.8 Å². The quantitative estimate of drug-likeness (QED) is 0.712. The number of anilines is 1. The van der Waals surface area contributed by atoms with Crippen molar-refractivity contribution >= 4 is 28.7 Å². The molecule has 0 unspecified atom stereocenters. The maximum atomic E-state index is 11.9. The molecule has 0 aliphatic heterocycles. The normalized spacial score (nSPS) is 16.2. The number of hydrogen-bond donors (Lipinski definition) is 3. The van der Waals surface area contributed by atoms with E-state index in [9.17, 15) is 14.4 Å². The lowest BCUT2D eigenvalue weighted by molar-refractivity contribution is -0.147. The Hall–Kier alpha value is -2.57. The number of carboxylic acids is 1. The van der Waals surface area contributed by atoms with E-state index < -0.39 is 23.0 Å². The molecule has 1 aromatic heterocycles. The molecule has 7 nitrogen and oxygen atoms in total. The lowest BCUT2D eigenvalue weighted by Gasteiger charge is -2.10. The number of amides is 1. The summed E-state index contributed by atoms with van der Waals surface area (Å²) in [6.07, 6.45) is 0.692. The van der Waals surface area contributed by atoms with Crippen molar-refractivity contribution in [1.82, 2.24) is 4.98 Å². The van der Waals surface area contributed by atoms with Gasteiger partial charge in [-0.15, -0.1) is 0 Å². The van der Waals surface area contributed by atoms with Gasteiger partial charge in [0.25, 0.3) is 0 Å². The van der Waals surface area contributed by atoms with Gasteiger partial charge in [-0.2, -0.15) is 0 Å². The number of carboxylic acid groups (broad SMARTS) is 1. The molecule has 0 spiro atoms. The Morgan fingerprint density at radius 2 is 2.11 bits per heavy atom. The Kier molecular flexibility index (Phi) is 2.25. The van der Waals surface area contributed by atoms with Crippen molar-refractivity contribution in [3.63, 3.8) is 0 Å². The number of hydrogen-bond acceptors (Lipinski definition) is 4. The van der Waals surface area contributed by atoms with Gasteiger partial charge in [-0.1, -0.05) is 0 Å². The first-order valence-corrected chi connectivity index (χ1v) is 5.69. The molecule has 1 aliphatic carbocycles. The fourth-order valence-electron chi connectivity index (χ4n) is 1.94. The predicted molar refractivity (Wildman–Crippen MR) is 64.8 cm³/mol. The van der Waals surface area contributed by atoms with Crippen LogP contribution in [0.2, 0.25) is 0 Å². The molecule has 19 heavy (non-hydrogen) atoms. The van der Waals surface area contributed by atoms with Gasteiger partial charge in [0, 0.05) is 5.69 Å². The molecule has 3 N–H and O–H groups in total. The molecule has 1 aliphatic rings. The molecule has 1 heterocycles. The number of rotatable bonds is 3. The molecular formula is C12H10N2O5.